The Morgan fingerprint density at radius 1 is 0.667 bits per heavy atom. The molecule has 0 bridgehead atoms. The van der Waals surface area contributed by atoms with Crippen molar-refractivity contribution in [3.63, 3.8) is 0 Å². The molecule has 0 aliphatic rings. The van der Waals surface area contributed by atoms with Crippen LogP contribution in [-0.2, 0) is 15.1 Å². The van der Waals surface area contributed by atoms with Crippen LogP contribution in [-0.4, -0.2) is 35.9 Å². The molecule has 0 fully saturated rings. The molecular weight excluding hydrogens is 634 g/mol. The van der Waals surface area contributed by atoms with E-state index in [1.165, 1.54) is 19.2 Å². The summed E-state index contributed by atoms with van der Waals surface area (Å²) in [4.78, 5) is 12.7. The second-order valence-corrected chi connectivity index (χ2v) is 9.32. The van der Waals surface area contributed by atoms with Crippen molar-refractivity contribution in [3.05, 3.63) is 95.6 Å². The molecule has 238 valence electrons. The van der Waals surface area contributed by atoms with Crippen LogP contribution in [0.15, 0.2) is 78.9 Å². The number of carbonyl (C=O) groups excluding carboxylic acids is 1. The normalized spacial score (nSPS) is 8.80. The Hall–Kier alpha value is -8.19. The highest BCUT2D eigenvalue weighted by Gasteiger charge is 2.40. The Kier molecular flexibility index (Phi) is 15.8. The van der Waals surface area contributed by atoms with E-state index in [0.717, 1.165) is 11.1 Å². The van der Waals surface area contributed by atoms with Gasteiger partial charge in [-0.2, -0.15) is 0 Å². The zero-order valence-corrected chi connectivity index (χ0v) is 27.0. The number of phenols is 1. The molecule has 0 amide bonds. The van der Waals surface area contributed by atoms with Crippen molar-refractivity contribution in [1.82, 2.24) is 5.32 Å². The van der Waals surface area contributed by atoms with Gasteiger partial charge in [0.15, 0.2) is 0 Å². The molecule has 1 atom stereocenters. The highest BCUT2D eigenvalue weighted by Crippen LogP contribution is 2.40. The van der Waals surface area contributed by atoms with Crippen LogP contribution in [0.4, 0.5) is 0 Å². The Morgan fingerprint density at radius 3 is 1.51 bits per heavy atom. The van der Waals surface area contributed by atoms with E-state index >= 15 is 0 Å². The summed E-state index contributed by atoms with van der Waals surface area (Å²) < 4.78 is 10.5. The first kappa shape index (κ1) is 37.3. The van der Waals surface area contributed by atoms with E-state index in [9.17, 15) is 15.0 Å². The lowest BCUT2D eigenvalue weighted by molar-refractivity contribution is -0.144. The number of benzene rings is 3. The molecule has 3 aromatic rings. The number of aliphatic hydroxyl groups is 1. The minimum Gasteiger partial charge on any atom is -0.508 e. The number of terminal acetylenes is 1. The molecule has 3 aromatic carbocycles. The van der Waals surface area contributed by atoms with Crippen LogP contribution in [0, 0.1) is 131 Å². The molecule has 0 aliphatic carbocycles. The van der Waals surface area contributed by atoms with E-state index in [4.69, 9.17) is 15.9 Å². The molecule has 3 N–H and O–H groups in total. The van der Waals surface area contributed by atoms with Gasteiger partial charge in [0, 0.05) is 77.1 Å². The van der Waals surface area contributed by atoms with Crippen LogP contribution in [0.1, 0.15) is 16.7 Å². The largest absolute Gasteiger partial charge is 0.508 e. The lowest BCUT2D eigenvalue weighted by Gasteiger charge is -2.39. The molecule has 0 heterocycles. The number of rotatable bonds is 8. The number of esters is 1. The quantitative estimate of drug-likeness (QED) is 0.196. The third-order valence-electron chi connectivity index (χ3n) is 6.21. The summed E-state index contributed by atoms with van der Waals surface area (Å²) in [6.07, 6.45) is 7.43. The van der Waals surface area contributed by atoms with E-state index in [1.54, 1.807) is 6.07 Å². The smallest absolute Gasteiger partial charge is 0.325 e. The number of aromatic hydroxyl groups is 1. The summed E-state index contributed by atoms with van der Waals surface area (Å²) in [5.74, 6) is 48.8. The zero-order chi connectivity index (χ0) is 36.4. The first-order chi connectivity index (χ1) is 25.0. The number of aliphatic hydroxyl groups excluding tert-OH is 1. The fourth-order valence-corrected chi connectivity index (χ4v) is 4.25. The van der Waals surface area contributed by atoms with Crippen molar-refractivity contribution in [2.24, 2.45) is 0 Å². The maximum atomic E-state index is 12.7. The van der Waals surface area contributed by atoms with Crippen molar-refractivity contribution in [2.45, 2.75) is 11.6 Å². The summed E-state index contributed by atoms with van der Waals surface area (Å²) in [6, 6.07) is 22.0. The van der Waals surface area contributed by atoms with Gasteiger partial charge >= 0.3 is 5.97 Å². The van der Waals surface area contributed by atoms with Crippen LogP contribution in [0.25, 0.3) is 0 Å². The Morgan fingerprint density at radius 2 is 1.10 bits per heavy atom. The molecule has 6 nitrogen and oxygen atoms in total. The van der Waals surface area contributed by atoms with E-state index in [1.807, 2.05) is 60.7 Å². The van der Waals surface area contributed by atoms with Crippen LogP contribution >= 0.6 is 0 Å². The molecule has 0 aromatic heterocycles. The Bertz CT molecular complexity index is 2410. The summed E-state index contributed by atoms with van der Waals surface area (Å²) in [5, 5.41) is 24.2. The van der Waals surface area contributed by atoms with Gasteiger partial charge in [-0.15, -0.1) is 6.42 Å². The number of methoxy groups -OCH3 is 1. The molecular formula is C45H23NO5. The van der Waals surface area contributed by atoms with Gasteiger partial charge in [0.25, 0.3) is 0 Å². The fourth-order valence-electron chi connectivity index (χ4n) is 4.25. The van der Waals surface area contributed by atoms with Gasteiger partial charge in [0.1, 0.15) is 23.6 Å². The first-order valence-electron chi connectivity index (χ1n) is 14.6. The standard InChI is InChI=1S/C45H23NO5/c1-3-4-5-6-7-8-9-10-11-12-13-14-15-16-17-18-19-20-21-28-33-51-42-35-40(34-41(48)36-42)45(38-29-24-22-25-30-38,39-31-26-23-27-32-39)46-43(37-47)44(49)50-2/h1,22-27,29-32,34-36,43,46-48H,37H2,2H3. The van der Waals surface area contributed by atoms with Crippen LogP contribution in [0.5, 0.6) is 11.5 Å². The lowest BCUT2D eigenvalue weighted by atomic mass is 9.76. The van der Waals surface area contributed by atoms with Crippen molar-refractivity contribution < 1.29 is 24.5 Å². The highest BCUT2D eigenvalue weighted by atomic mass is 16.5. The van der Waals surface area contributed by atoms with Crippen LogP contribution < -0.4 is 10.1 Å². The first-order valence-corrected chi connectivity index (χ1v) is 14.6. The number of ether oxygens (including phenoxy) is 2. The van der Waals surface area contributed by atoms with Gasteiger partial charge < -0.3 is 19.7 Å². The summed E-state index contributed by atoms with van der Waals surface area (Å²) >= 11 is 0. The average Bonchev–Trinajstić information content (AvgIpc) is 3.16. The molecule has 0 saturated heterocycles. The minimum atomic E-state index is -1.25. The lowest BCUT2D eigenvalue weighted by Crippen LogP contribution is -2.54. The summed E-state index contributed by atoms with van der Waals surface area (Å²) in [6.45, 7) is -0.548. The van der Waals surface area contributed by atoms with Crippen LogP contribution in [0.3, 0.4) is 0 Å². The van der Waals surface area contributed by atoms with E-state index < -0.39 is 24.2 Å². The number of carbonyl (C=O) groups is 1. The SMILES string of the molecule is C#CC#CC#CC#CC#CC#CC#CC#CC#CC#CC#COc1cc(O)cc(C(NC(CO)C(=O)OC)(c2ccccc2)c2ccccc2)c1. The van der Waals surface area contributed by atoms with Gasteiger partial charge in [-0.1, -0.05) is 60.7 Å². The van der Waals surface area contributed by atoms with Gasteiger partial charge in [-0.3, -0.25) is 10.1 Å². The average molecular weight is 658 g/mol. The van der Waals surface area contributed by atoms with E-state index in [-0.39, 0.29) is 11.5 Å². The Balaban J connectivity index is 1.79. The topological polar surface area (TPSA) is 88.0 Å². The van der Waals surface area contributed by atoms with E-state index in [2.05, 4.69) is 130 Å². The predicted molar refractivity (Wildman–Crippen MR) is 194 cm³/mol. The van der Waals surface area contributed by atoms with Crippen molar-refractivity contribution in [1.29, 1.82) is 0 Å². The van der Waals surface area contributed by atoms with Crippen molar-refractivity contribution in [2.75, 3.05) is 13.7 Å². The molecule has 51 heavy (non-hydrogen) atoms. The molecule has 3 rings (SSSR count). The second kappa shape index (κ2) is 21.6. The van der Waals surface area contributed by atoms with Gasteiger partial charge in [-0.05, 0) is 76.2 Å². The molecule has 1 unspecified atom stereocenters. The predicted octanol–water partition coefficient (Wildman–Crippen LogP) is 2.81. The summed E-state index contributed by atoms with van der Waals surface area (Å²) in [7, 11) is 1.24. The van der Waals surface area contributed by atoms with E-state index in [0.29, 0.717) is 5.56 Å². The number of phenolic OH excluding ortho intramolecular Hbond substituents is 1. The van der Waals surface area contributed by atoms with Gasteiger partial charge in [0.2, 0.25) is 0 Å². The molecule has 0 saturated carbocycles. The maximum absolute atomic E-state index is 12.7. The molecule has 6 heteroatoms. The molecule has 0 aliphatic heterocycles. The maximum Gasteiger partial charge on any atom is 0.325 e. The van der Waals surface area contributed by atoms with Crippen molar-refractivity contribution >= 4 is 5.97 Å². The minimum absolute atomic E-state index is 0.127. The van der Waals surface area contributed by atoms with Gasteiger partial charge in [-0.25, -0.2) is 0 Å². The number of nitrogens with one attached hydrogen (secondary N) is 1. The molecule has 0 spiro atoms. The van der Waals surface area contributed by atoms with Crippen LogP contribution in [0.2, 0.25) is 0 Å². The summed E-state index contributed by atoms with van der Waals surface area (Å²) in [5.41, 5.74) is 0.682. The number of hydrogen-bond acceptors (Lipinski definition) is 6. The second-order valence-electron chi connectivity index (χ2n) is 9.32. The highest BCUT2D eigenvalue weighted by molar-refractivity contribution is 5.76. The fraction of sp³-hybridized carbons (Fsp3) is 0.0889. The molecule has 0 radical (unpaired) electrons. The third-order valence-corrected chi connectivity index (χ3v) is 6.21. The Labute approximate surface area is 298 Å². The number of hydrogen-bond donors (Lipinski definition) is 3. The third kappa shape index (κ3) is 12.2. The zero-order valence-electron chi connectivity index (χ0n) is 27.0. The monoisotopic (exact) mass is 657 g/mol. The van der Waals surface area contributed by atoms with Crippen molar-refractivity contribution in [3.8, 4) is 142 Å². The van der Waals surface area contributed by atoms with Gasteiger partial charge in [0.05, 0.1) is 19.3 Å².